The van der Waals surface area contributed by atoms with Gasteiger partial charge in [-0.25, -0.2) is 0 Å². The monoisotopic (exact) mass is 428 g/mol. The maximum atomic E-state index is 6.10. The van der Waals surface area contributed by atoms with Crippen molar-refractivity contribution in [2.45, 2.75) is 0 Å². The third kappa shape index (κ3) is 2.16. The van der Waals surface area contributed by atoms with E-state index >= 15 is 0 Å². The van der Waals surface area contributed by atoms with Gasteiger partial charge in [0.05, 0.1) is 0 Å². The first kappa shape index (κ1) is 15.4. The molecular formula is C24H13BrOS. The molecule has 2 heterocycles. The van der Waals surface area contributed by atoms with Crippen molar-refractivity contribution in [3.63, 3.8) is 0 Å². The van der Waals surface area contributed by atoms with E-state index in [1.807, 2.05) is 23.5 Å². The van der Waals surface area contributed by atoms with Crippen molar-refractivity contribution in [2.24, 2.45) is 0 Å². The number of rotatable bonds is 1. The molecule has 0 saturated heterocycles. The van der Waals surface area contributed by atoms with Crippen LogP contribution in [0.5, 0.6) is 0 Å². The highest BCUT2D eigenvalue weighted by Gasteiger charge is 2.16. The fourth-order valence-corrected chi connectivity index (χ4v) is 5.84. The summed E-state index contributed by atoms with van der Waals surface area (Å²) >= 11 is 5.57. The molecule has 0 fully saturated rings. The molecule has 0 radical (unpaired) electrons. The molecule has 4 aromatic carbocycles. The number of hydrogen-bond acceptors (Lipinski definition) is 2. The number of hydrogen-bond donors (Lipinski definition) is 0. The molecule has 6 rings (SSSR count). The first-order valence-corrected chi connectivity index (χ1v) is 10.4. The van der Waals surface area contributed by atoms with E-state index in [0.29, 0.717) is 0 Å². The minimum absolute atomic E-state index is 0.936. The smallest absolute Gasteiger partial charge is 0.136 e. The predicted octanol–water partition coefficient (Wildman–Crippen LogP) is 8.38. The van der Waals surface area contributed by atoms with Gasteiger partial charge in [0.15, 0.2) is 0 Å². The SMILES string of the molecule is Brc1cccc2c1sc1c(-c3cccc4oc5ccccc5c34)cccc12. The molecule has 27 heavy (non-hydrogen) atoms. The molecule has 0 N–H and O–H groups in total. The molecule has 0 aliphatic rings. The van der Waals surface area contributed by atoms with E-state index in [0.717, 1.165) is 15.6 Å². The number of halogens is 1. The van der Waals surface area contributed by atoms with Gasteiger partial charge in [-0.2, -0.15) is 0 Å². The molecule has 0 amide bonds. The number of thiophene rings is 1. The largest absolute Gasteiger partial charge is 0.456 e. The quantitative estimate of drug-likeness (QED) is 0.256. The summed E-state index contributed by atoms with van der Waals surface area (Å²) in [5.41, 5.74) is 4.36. The highest BCUT2D eigenvalue weighted by molar-refractivity contribution is 9.10. The Kier molecular flexibility index (Phi) is 3.25. The molecule has 0 unspecified atom stereocenters. The predicted molar refractivity (Wildman–Crippen MR) is 120 cm³/mol. The third-order valence-corrected chi connectivity index (χ3v) is 7.38. The lowest BCUT2D eigenvalue weighted by Gasteiger charge is -2.05. The average Bonchev–Trinajstić information content (AvgIpc) is 3.27. The Morgan fingerprint density at radius 1 is 0.593 bits per heavy atom. The summed E-state index contributed by atoms with van der Waals surface area (Å²) in [5.74, 6) is 0. The summed E-state index contributed by atoms with van der Waals surface area (Å²) in [5, 5.41) is 4.97. The summed E-state index contributed by atoms with van der Waals surface area (Å²) in [7, 11) is 0. The Morgan fingerprint density at radius 3 is 2.19 bits per heavy atom. The van der Waals surface area contributed by atoms with Crippen LogP contribution in [-0.2, 0) is 0 Å². The summed E-state index contributed by atoms with van der Waals surface area (Å²) in [6.07, 6.45) is 0. The zero-order chi connectivity index (χ0) is 18.0. The van der Waals surface area contributed by atoms with Crippen LogP contribution in [0, 0.1) is 0 Å². The van der Waals surface area contributed by atoms with Gasteiger partial charge in [-0.15, -0.1) is 11.3 Å². The van der Waals surface area contributed by atoms with E-state index in [9.17, 15) is 0 Å². The number of furan rings is 1. The molecule has 0 atom stereocenters. The molecule has 0 bridgehead atoms. The lowest BCUT2D eigenvalue weighted by molar-refractivity contribution is 0.669. The van der Waals surface area contributed by atoms with Gasteiger partial charge in [0, 0.05) is 41.0 Å². The third-order valence-electron chi connectivity index (χ3n) is 5.17. The molecule has 2 aromatic heterocycles. The zero-order valence-corrected chi connectivity index (χ0v) is 16.6. The second kappa shape index (κ2) is 5.69. The van der Waals surface area contributed by atoms with E-state index in [-0.39, 0.29) is 0 Å². The first-order valence-electron chi connectivity index (χ1n) is 8.81. The number of para-hydroxylation sites is 1. The molecule has 0 spiro atoms. The number of benzene rings is 4. The molecule has 6 aromatic rings. The Labute approximate surface area is 168 Å². The summed E-state index contributed by atoms with van der Waals surface area (Å²) in [4.78, 5) is 0. The van der Waals surface area contributed by atoms with Crippen molar-refractivity contribution in [3.05, 3.63) is 83.3 Å². The lowest BCUT2D eigenvalue weighted by Crippen LogP contribution is -1.80. The van der Waals surface area contributed by atoms with Crippen molar-refractivity contribution in [1.82, 2.24) is 0 Å². The summed E-state index contributed by atoms with van der Waals surface area (Å²) in [6.45, 7) is 0. The van der Waals surface area contributed by atoms with Crippen LogP contribution in [0.2, 0.25) is 0 Å². The lowest BCUT2D eigenvalue weighted by atomic mass is 9.98. The van der Waals surface area contributed by atoms with Crippen molar-refractivity contribution in [3.8, 4) is 11.1 Å². The van der Waals surface area contributed by atoms with Gasteiger partial charge in [-0.3, -0.25) is 0 Å². The minimum atomic E-state index is 0.936. The van der Waals surface area contributed by atoms with Gasteiger partial charge in [-0.1, -0.05) is 60.7 Å². The summed E-state index contributed by atoms with van der Waals surface area (Å²) in [6, 6.07) is 27.7. The van der Waals surface area contributed by atoms with Crippen LogP contribution in [0.25, 0.3) is 53.2 Å². The summed E-state index contributed by atoms with van der Waals surface area (Å²) < 4.78 is 9.86. The molecule has 1 nitrogen and oxygen atoms in total. The molecule has 3 heteroatoms. The van der Waals surface area contributed by atoms with Crippen LogP contribution in [0.3, 0.4) is 0 Å². The normalized spacial score (nSPS) is 11.9. The Hall–Kier alpha value is -2.62. The minimum Gasteiger partial charge on any atom is -0.456 e. The van der Waals surface area contributed by atoms with Crippen molar-refractivity contribution >= 4 is 69.4 Å². The van der Waals surface area contributed by atoms with Crippen LogP contribution >= 0.6 is 27.3 Å². The second-order valence-corrected chi connectivity index (χ2v) is 8.55. The fourth-order valence-electron chi connectivity index (χ4n) is 4.00. The molecule has 0 aliphatic carbocycles. The van der Waals surface area contributed by atoms with Crippen molar-refractivity contribution in [1.29, 1.82) is 0 Å². The first-order chi connectivity index (χ1) is 13.3. The van der Waals surface area contributed by atoms with Gasteiger partial charge in [0.25, 0.3) is 0 Å². The van der Waals surface area contributed by atoms with E-state index in [1.165, 1.54) is 42.1 Å². The second-order valence-electron chi connectivity index (χ2n) is 6.68. The van der Waals surface area contributed by atoms with Crippen LogP contribution in [0.1, 0.15) is 0 Å². The molecule has 128 valence electrons. The van der Waals surface area contributed by atoms with Crippen LogP contribution in [0.15, 0.2) is 87.8 Å². The maximum absolute atomic E-state index is 6.10. The standard InChI is InChI=1S/C24H13BrOS/c25-19-11-4-10-17-16-9-3-8-15(23(16)27-24(17)19)14-7-5-13-21-22(14)18-6-1-2-12-20(18)26-21/h1-13H. The molecule has 0 aliphatic heterocycles. The van der Waals surface area contributed by atoms with Crippen LogP contribution in [-0.4, -0.2) is 0 Å². The van der Waals surface area contributed by atoms with E-state index in [4.69, 9.17) is 4.42 Å². The molecular weight excluding hydrogens is 416 g/mol. The van der Waals surface area contributed by atoms with E-state index < -0.39 is 0 Å². The van der Waals surface area contributed by atoms with Crippen molar-refractivity contribution in [2.75, 3.05) is 0 Å². The van der Waals surface area contributed by atoms with Gasteiger partial charge in [0.1, 0.15) is 11.2 Å². The van der Waals surface area contributed by atoms with E-state index in [2.05, 4.69) is 82.7 Å². The highest BCUT2D eigenvalue weighted by atomic mass is 79.9. The Bertz CT molecular complexity index is 1490. The topological polar surface area (TPSA) is 13.1 Å². The van der Waals surface area contributed by atoms with Gasteiger partial charge in [-0.05, 0) is 39.7 Å². The zero-order valence-electron chi connectivity index (χ0n) is 14.2. The average molecular weight is 429 g/mol. The van der Waals surface area contributed by atoms with Crippen molar-refractivity contribution < 1.29 is 4.42 Å². The van der Waals surface area contributed by atoms with Gasteiger partial charge >= 0.3 is 0 Å². The van der Waals surface area contributed by atoms with Crippen LogP contribution in [0.4, 0.5) is 0 Å². The van der Waals surface area contributed by atoms with E-state index in [1.54, 1.807) is 0 Å². The Balaban J connectivity index is 1.79. The number of fused-ring (bicyclic) bond motifs is 6. The van der Waals surface area contributed by atoms with Crippen LogP contribution < -0.4 is 0 Å². The fraction of sp³-hybridized carbons (Fsp3) is 0. The maximum Gasteiger partial charge on any atom is 0.136 e. The highest BCUT2D eigenvalue weighted by Crippen LogP contribution is 2.45. The molecule has 0 saturated carbocycles. The Morgan fingerprint density at radius 2 is 1.26 bits per heavy atom. The van der Waals surface area contributed by atoms with Gasteiger partial charge < -0.3 is 4.42 Å². The van der Waals surface area contributed by atoms with Gasteiger partial charge in [0.2, 0.25) is 0 Å².